The number of carbonyl (C=O) groups is 1. The van der Waals surface area contributed by atoms with Crippen molar-refractivity contribution in [2.45, 2.75) is 37.3 Å². The smallest absolute Gasteiger partial charge is 0.173 e. The minimum absolute atomic E-state index is 0.0206. The van der Waals surface area contributed by atoms with Gasteiger partial charge in [0.25, 0.3) is 0 Å². The van der Waals surface area contributed by atoms with Gasteiger partial charge >= 0.3 is 0 Å². The quantitative estimate of drug-likeness (QED) is 0.472. The minimum atomic E-state index is -1.63. The molecule has 0 spiro atoms. The summed E-state index contributed by atoms with van der Waals surface area (Å²) < 4.78 is 10.5. The number of phenols is 2. The fourth-order valence-electron chi connectivity index (χ4n) is 4.21. The number of hydrogen-bond acceptors (Lipinski definition) is 8. The molecule has 0 unspecified atom stereocenters. The molecule has 6 atom stereocenters. The number of ketones is 1. The maximum atomic E-state index is 12.9. The standard InChI is InChI=1S/C17H22O8/c1-17(23)5-6-9(14(21)16(17)22)13(20)10-7(18)4-8(24-2)12(19)11(10)15(6)25-3/h4,6,9,14-16,18-19,21-23H,5H2,1-3H3/t6-,9-,14-,15-,16+,17-/m0/s1. The zero-order chi connectivity index (χ0) is 18.7. The van der Waals surface area contributed by atoms with E-state index >= 15 is 0 Å². The second-order valence-electron chi connectivity index (χ2n) is 6.94. The molecule has 1 aromatic carbocycles. The lowest BCUT2D eigenvalue weighted by Gasteiger charge is -2.50. The SMILES string of the molecule is COc1cc(O)c2c(c1O)[C@@H](OC)[C@H]1C[C@](C)(O)[C@H](O)[C@@H](O)[C@@H]1C2=O. The van der Waals surface area contributed by atoms with Crippen LogP contribution in [0.3, 0.4) is 0 Å². The fraction of sp³-hybridized carbons (Fsp3) is 0.588. The number of carbonyl (C=O) groups excluding carboxylic acids is 1. The van der Waals surface area contributed by atoms with Crippen molar-refractivity contribution in [1.29, 1.82) is 0 Å². The van der Waals surface area contributed by atoms with Crippen molar-refractivity contribution in [2.75, 3.05) is 14.2 Å². The maximum Gasteiger partial charge on any atom is 0.173 e. The highest BCUT2D eigenvalue weighted by molar-refractivity contribution is 6.04. The summed E-state index contributed by atoms with van der Waals surface area (Å²) in [6.07, 6.45) is -3.97. The second kappa shape index (κ2) is 5.84. The Bertz CT molecular complexity index is 713. The Kier molecular flexibility index (Phi) is 4.19. The molecule has 0 bridgehead atoms. The first-order valence-electron chi connectivity index (χ1n) is 7.94. The van der Waals surface area contributed by atoms with Crippen LogP contribution in [0.2, 0.25) is 0 Å². The molecule has 0 aromatic heterocycles. The lowest BCUT2D eigenvalue weighted by atomic mass is 9.60. The van der Waals surface area contributed by atoms with Gasteiger partial charge in [-0.15, -0.1) is 0 Å². The van der Waals surface area contributed by atoms with Crippen molar-refractivity contribution < 1.29 is 39.8 Å². The molecule has 2 aliphatic carbocycles. The molecule has 1 aromatic rings. The summed E-state index contributed by atoms with van der Waals surface area (Å²) in [5.74, 6) is -3.16. The van der Waals surface area contributed by atoms with Crippen LogP contribution in [0.25, 0.3) is 0 Å². The molecule has 2 aliphatic rings. The van der Waals surface area contributed by atoms with Crippen LogP contribution in [0, 0.1) is 11.8 Å². The van der Waals surface area contributed by atoms with Gasteiger partial charge in [0, 0.05) is 24.7 Å². The van der Waals surface area contributed by atoms with Crippen LogP contribution < -0.4 is 4.74 Å². The van der Waals surface area contributed by atoms with Gasteiger partial charge in [-0.1, -0.05) is 0 Å². The molecule has 0 aliphatic heterocycles. The number of ether oxygens (including phenoxy) is 2. The Hall–Kier alpha value is -1.87. The molecule has 0 heterocycles. The average Bonchev–Trinajstić information content (AvgIpc) is 2.55. The third kappa shape index (κ3) is 2.40. The highest BCUT2D eigenvalue weighted by Gasteiger charge is 2.58. The van der Waals surface area contributed by atoms with E-state index in [9.17, 15) is 30.3 Å². The van der Waals surface area contributed by atoms with E-state index in [1.807, 2.05) is 0 Å². The highest BCUT2D eigenvalue weighted by Crippen LogP contribution is 2.55. The number of hydrogen-bond donors (Lipinski definition) is 5. The molecular formula is C17H22O8. The number of rotatable bonds is 2. The second-order valence-corrected chi connectivity index (χ2v) is 6.94. The number of aliphatic hydroxyl groups is 3. The molecule has 0 radical (unpaired) electrons. The summed E-state index contributed by atoms with van der Waals surface area (Å²) >= 11 is 0. The Morgan fingerprint density at radius 1 is 1.24 bits per heavy atom. The normalized spacial score (nSPS) is 37.4. The van der Waals surface area contributed by atoms with E-state index in [-0.39, 0.29) is 29.0 Å². The van der Waals surface area contributed by atoms with Crippen molar-refractivity contribution in [2.24, 2.45) is 11.8 Å². The molecule has 0 amide bonds. The lowest BCUT2D eigenvalue weighted by Crippen LogP contribution is -2.61. The van der Waals surface area contributed by atoms with Crippen molar-refractivity contribution in [3.05, 3.63) is 17.2 Å². The van der Waals surface area contributed by atoms with E-state index in [4.69, 9.17) is 9.47 Å². The summed E-state index contributed by atoms with van der Waals surface area (Å²) in [6.45, 7) is 1.37. The Morgan fingerprint density at radius 2 is 1.88 bits per heavy atom. The van der Waals surface area contributed by atoms with Crippen LogP contribution >= 0.6 is 0 Å². The van der Waals surface area contributed by atoms with E-state index in [0.29, 0.717) is 0 Å². The number of phenolic OH excluding ortho intramolecular Hbond substituents is 2. The fourth-order valence-corrected chi connectivity index (χ4v) is 4.21. The van der Waals surface area contributed by atoms with E-state index in [2.05, 4.69) is 0 Å². The number of benzene rings is 1. The monoisotopic (exact) mass is 354 g/mol. The molecule has 8 heteroatoms. The van der Waals surface area contributed by atoms with Gasteiger partial charge in [-0.05, 0) is 13.3 Å². The van der Waals surface area contributed by atoms with Crippen molar-refractivity contribution >= 4 is 5.78 Å². The zero-order valence-corrected chi connectivity index (χ0v) is 14.1. The first-order valence-corrected chi connectivity index (χ1v) is 7.94. The van der Waals surface area contributed by atoms with E-state index in [1.165, 1.54) is 21.1 Å². The molecule has 3 rings (SSSR count). The van der Waals surface area contributed by atoms with Crippen LogP contribution in [0.15, 0.2) is 6.07 Å². The number of Topliss-reactive ketones (excluding diaryl/α,β-unsaturated/α-hetero) is 1. The number of fused-ring (bicyclic) bond motifs is 2. The van der Waals surface area contributed by atoms with Crippen LogP contribution in [0.4, 0.5) is 0 Å². The van der Waals surface area contributed by atoms with Gasteiger partial charge in [-0.25, -0.2) is 0 Å². The highest BCUT2D eigenvalue weighted by atomic mass is 16.5. The van der Waals surface area contributed by atoms with Crippen molar-refractivity contribution in [3.8, 4) is 17.2 Å². The van der Waals surface area contributed by atoms with E-state index in [1.54, 1.807) is 0 Å². The van der Waals surface area contributed by atoms with Gasteiger partial charge in [-0.3, -0.25) is 4.79 Å². The Balaban J connectivity index is 2.24. The van der Waals surface area contributed by atoms with Crippen molar-refractivity contribution in [1.82, 2.24) is 0 Å². The van der Waals surface area contributed by atoms with Crippen LogP contribution in [-0.2, 0) is 4.74 Å². The zero-order valence-electron chi connectivity index (χ0n) is 14.1. The molecule has 25 heavy (non-hydrogen) atoms. The summed E-state index contributed by atoms with van der Waals surface area (Å²) in [7, 11) is 2.67. The molecule has 1 saturated carbocycles. The van der Waals surface area contributed by atoms with E-state index in [0.717, 1.165) is 6.07 Å². The summed E-state index contributed by atoms with van der Waals surface area (Å²) in [5.41, 5.74) is -1.74. The van der Waals surface area contributed by atoms with Gasteiger partial charge in [0.15, 0.2) is 17.3 Å². The summed E-state index contributed by atoms with van der Waals surface area (Å²) in [6, 6.07) is 1.11. The summed E-state index contributed by atoms with van der Waals surface area (Å²) in [5, 5.41) is 51.7. The lowest BCUT2D eigenvalue weighted by molar-refractivity contribution is -0.187. The maximum absolute atomic E-state index is 12.9. The molecule has 8 nitrogen and oxygen atoms in total. The Labute approximate surface area is 144 Å². The topological polar surface area (TPSA) is 137 Å². The molecule has 138 valence electrons. The first kappa shape index (κ1) is 17.9. The van der Waals surface area contributed by atoms with Crippen LogP contribution in [0.1, 0.15) is 35.4 Å². The van der Waals surface area contributed by atoms with Crippen LogP contribution in [-0.4, -0.2) is 63.3 Å². The predicted molar refractivity (Wildman–Crippen MR) is 84.6 cm³/mol. The third-order valence-electron chi connectivity index (χ3n) is 5.42. The molecule has 0 saturated heterocycles. The first-order chi connectivity index (χ1) is 11.7. The van der Waals surface area contributed by atoms with Gasteiger partial charge in [0.1, 0.15) is 11.9 Å². The third-order valence-corrected chi connectivity index (χ3v) is 5.42. The van der Waals surface area contributed by atoms with Crippen LogP contribution in [0.5, 0.6) is 17.2 Å². The van der Waals surface area contributed by atoms with Crippen molar-refractivity contribution in [3.63, 3.8) is 0 Å². The molecule has 1 fully saturated rings. The van der Waals surface area contributed by atoms with Gasteiger partial charge in [0.2, 0.25) is 0 Å². The molecular weight excluding hydrogens is 332 g/mol. The largest absolute Gasteiger partial charge is 0.507 e. The van der Waals surface area contributed by atoms with Gasteiger partial charge < -0.3 is 35.0 Å². The summed E-state index contributed by atoms with van der Waals surface area (Å²) in [4.78, 5) is 12.9. The number of aromatic hydroxyl groups is 2. The average molecular weight is 354 g/mol. The molecule has 5 N–H and O–H groups in total. The van der Waals surface area contributed by atoms with Gasteiger partial charge in [-0.2, -0.15) is 0 Å². The van der Waals surface area contributed by atoms with Gasteiger partial charge in [0.05, 0.1) is 36.4 Å². The number of methoxy groups -OCH3 is 2. The number of aliphatic hydroxyl groups excluding tert-OH is 2. The predicted octanol–water partition coefficient (Wildman–Crippen LogP) is 0.0991. The van der Waals surface area contributed by atoms with E-state index < -0.39 is 47.3 Å². The Morgan fingerprint density at radius 3 is 2.44 bits per heavy atom. The minimum Gasteiger partial charge on any atom is -0.507 e.